The Morgan fingerprint density at radius 3 is 2.26 bits per heavy atom. The Bertz CT molecular complexity index is 1440. The number of alkyl halides is 3. The summed E-state index contributed by atoms with van der Waals surface area (Å²) in [5.74, 6) is 0.781. The third-order valence-electron chi connectivity index (χ3n) is 7.34. The molecule has 2 fully saturated rings. The van der Waals surface area contributed by atoms with Gasteiger partial charge in [-0.15, -0.1) is 0 Å². The van der Waals surface area contributed by atoms with E-state index in [4.69, 9.17) is 5.11 Å². The van der Waals surface area contributed by atoms with Gasteiger partial charge in [0.15, 0.2) is 5.82 Å². The predicted octanol–water partition coefficient (Wildman–Crippen LogP) is 5.61. The van der Waals surface area contributed by atoms with Crippen molar-refractivity contribution in [3.05, 3.63) is 96.6 Å². The Labute approximate surface area is 273 Å². The molecule has 1 aliphatic heterocycles. The molecule has 4 heterocycles. The van der Waals surface area contributed by atoms with Gasteiger partial charge in [0.2, 0.25) is 0 Å². The van der Waals surface area contributed by atoms with Gasteiger partial charge in [0.05, 0.1) is 18.0 Å². The monoisotopic (exact) mass is 653 g/mol. The van der Waals surface area contributed by atoms with Crippen molar-refractivity contribution in [2.24, 2.45) is 7.05 Å². The average Bonchev–Trinajstić information content (AvgIpc) is 3.80. The van der Waals surface area contributed by atoms with Crippen molar-refractivity contribution < 1.29 is 27.9 Å². The summed E-state index contributed by atoms with van der Waals surface area (Å²) in [5, 5.41) is 12.6. The minimum atomic E-state index is -4.38. The first-order valence-electron chi connectivity index (χ1n) is 15.6. The fraction of sp³-hybridized carbons (Fsp3) is 0.412. The summed E-state index contributed by atoms with van der Waals surface area (Å²) in [7, 11) is 1.87. The summed E-state index contributed by atoms with van der Waals surface area (Å²) in [5.41, 5.74) is 0.736. The number of imidazole rings is 1. The second-order valence-corrected chi connectivity index (χ2v) is 11.0. The van der Waals surface area contributed by atoms with Crippen LogP contribution in [-0.4, -0.2) is 78.5 Å². The van der Waals surface area contributed by atoms with Crippen LogP contribution in [0.1, 0.15) is 71.9 Å². The zero-order valence-electron chi connectivity index (χ0n) is 26.7. The minimum absolute atomic E-state index is 0.0186. The SMILES string of the molecule is CCNC1CCC(O)CC1.Cn1cnc(C(=O)N2CCCC2)c1.O=Cc1cccc(C(F)(F)F)c1.c1cnc(-c2cccnc2)nc1. The highest BCUT2D eigenvalue weighted by Gasteiger charge is 2.30. The van der Waals surface area contributed by atoms with Crippen LogP contribution in [0.3, 0.4) is 0 Å². The Morgan fingerprint density at radius 1 is 1.00 bits per heavy atom. The lowest BCUT2D eigenvalue weighted by Gasteiger charge is -2.25. The second kappa shape index (κ2) is 19.2. The van der Waals surface area contributed by atoms with Gasteiger partial charge >= 0.3 is 6.18 Å². The van der Waals surface area contributed by atoms with Crippen molar-refractivity contribution in [1.82, 2.24) is 34.7 Å². The van der Waals surface area contributed by atoms with Crippen LogP contribution in [0.4, 0.5) is 13.2 Å². The molecule has 10 nitrogen and oxygen atoms in total. The summed E-state index contributed by atoms with van der Waals surface area (Å²) in [4.78, 5) is 39.9. The van der Waals surface area contributed by atoms with E-state index < -0.39 is 11.7 Å². The molecule has 0 atom stereocenters. The number of rotatable bonds is 5. The summed E-state index contributed by atoms with van der Waals surface area (Å²) in [6, 6.07) is 10.5. The zero-order valence-corrected chi connectivity index (χ0v) is 26.7. The number of pyridine rings is 1. The van der Waals surface area contributed by atoms with E-state index in [1.165, 1.54) is 12.1 Å². The molecule has 47 heavy (non-hydrogen) atoms. The highest BCUT2D eigenvalue weighted by atomic mass is 19.4. The number of aryl methyl sites for hydroxylation is 1. The smallest absolute Gasteiger partial charge is 0.393 e. The number of carbonyl (C=O) groups is 2. The molecule has 0 radical (unpaired) electrons. The minimum Gasteiger partial charge on any atom is -0.393 e. The van der Waals surface area contributed by atoms with E-state index in [0.717, 1.165) is 75.9 Å². The molecular weight excluding hydrogens is 611 g/mol. The van der Waals surface area contributed by atoms with Gasteiger partial charge in [0.25, 0.3) is 5.91 Å². The van der Waals surface area contributed by atoms with Crippen molar-refractivity contribution in [2.75, 3.05) is 19.6 Å². The average molecular weight is 654 g/mol. The third kappa shape index (κ3) is 13.0. The van der Waals surface area contributed by atoms with Gasteiger partial charge in [0.1, 0.15) is 12.0 Å². The number of aliphatic hydroxyl groups excluding tert-OH is 1. The maximum Gasteiger partial charge on any atom is 0.416 e. The molecular formula is C34H42F3N7O3. The molecule has 1 saturated carbocycles. The van der Waals surface area contributed by atoms with Crippen LogP contribution in [0.15, 0.2) is 79.8 Å². The zero-order chi connectivity index (χ0) is 34.1. The molecule has 4 aromatic rings. The lowest BCUT2D eigenvalue weighted by Crippen LogP contribution is -2.34. The largest absolute Gasteiger partial charge is 0.416 e. The maximum absolute atomic E-state index is 12.0. The number of hydrogen-bond donors (Lipinski definition) is 2. The fourth-order valence-corrected chi connectivity index (χ4v) is 4.91. The second-order valence-electron chi connectivity index (χ2n) is 11.0. The number of amides is 1. The van der Waals surface area contributed by atoms with Gasteiger partial charge in [-0.2, -0.15) is 13.2 Å². The summed E-state index contributed by atoms with van der Waals surface area (Å²) in [6.07, 6.45) is 12.8. The van der Waals surface area contributed by atoms with E-state index in [9.17, 15) is 22.8 Å². The molecule has 0 unspecified atom stereocenters. The number of benzene rings is 1. The molecule has 1 amide bonds. The summed E-state index contributed by atoms with van der Waals surface area (Å²) >= 11 is 0. The standard InChI is InChI=1S/C9H13N3O.C9H7N3.C8H5F3O.C8H17NO/c1-11-6-8(10-7-11)9(13)12-4-2-3-5-12;1-3-8(7-10-4-1)9-11-5-2-6-12-9;9-8(10,11)7-3-1-2-6(4-7)5-12;1-2-9-7-3-5-8(10)6-4-7/h6-7H,2-5H2,1H3;1-7H;1-5H;7-10H,2-6H2,1H3. The van der Waals surface area contributed by atoms with Gasteiger partial charge < -0.3 is 19.9 Å². The Hall–Kier alpha value is -4.49. The van der Waals surface area contributed by atoms with E-state index in [-0.39, 0.29) is 17.6 Å². The number of aldehydes is 1. The molecule has 13 heteroatoms. The lowest BCUT2D eigenvalue weighted by atomic mass is 9.93. The van der Waals surface area contributed by atoms with Crippen LogP contribution in [0, 0.1) is 0 Å². The number of nitrogens with one attached hydrogen (secondary N) is 1. The topological polar surface area (TPSA) is 126 Å². The number of carbonyl (C=O) groups excluding carboxylic acids is 2. The van der Waals surface area contributed by atoms with Gasteiger partial charge in [-0.1, -0.05) is 19.1 Å². The first kappa shape index (κ1) is 37.0. The Kier molecular flexibility index (Phi) is 15.1. The van der Waals surface area contributed by atoms with E-state index >= 15 is 0 Å². The lowest BCUT2D eigenvalue weighted by molar-refractivity contribution is -0.137. The number of hydrogen-bond acceptors (Lipinski definition) is 8. The number of halogens is 3. The van der Waals surface area contributed by atoms with Crippen LogP contribution in [0.2, 0.25) is 0 Å². The van der Waals surface area contributed by atoms with E-state index in [2.05, 4.69) is 32.2 Å². The molecule has 6 rings (SSSR count). The first-order chi connectivity index (χ1) is 22.6. The van der Waals surface area contributed by atoms with Crippen molar-refractivity contribution in [3.63, 3.8) is 0 Å². The van der Waals surface area contributed by atoms with Gasteiger partial charge in [-0.25, -0.2) is 15.0 Å². The highest BCUT2D eigenvalue weighted by Crippen LogP contribution is 2.29. The van der Waals surface area contributed by atoms with Crippen LogP contribution < -0.4 is 5.32 Å². The number of aromatic nitrogens is 5. The molecule has 0 bridgehead atoms. The Morgan fingerprint density at radius 2 is 1.70 bits per heavy atom. The molecule has 1 aromatic carbocycles. The predicted molar refractivity (Wildman–Crippen MR) is 172 cm³/mol. The molecule has 1 aliphatic carbocycles. The van der Waals surface area contributed by atoms with Crippen LogP contribution in [0.25, 0.3) is 11.4 Å². The van der Waals surface area contributed by atoms with E-state index in [0.29, 0.717) is 23.8 Å². The van der Waals surface area contributed by atoms with Crippen LogP contribution in [-0.2, 0) is 13.2 Å². The van der Waals surface area contributed by atoms with E-state index in [1.807, 2.05) is 24.1 Å². The molecule has 2 N–H and O–H groups in total. The highest BCUT2D eigenvalue weighted by molar-refractivity contribution is 5.92. The molecule has 0 spiro atoms. The van der Waals surface area contributed by atoms with Gasteiger partial charge in [0, 0.05) is 68.3 Å². The molecule has 3 aromatic heterocycles. The summed E-state index contributed by atoms with van der Waals surface area (Å²) < 4.78 is 37.8. The van der Waals surface area contributed by atoms with Crippen LogP contribution in [0.5, 0.6) is 0 Å². The van der Waals surface area contributed by atoms with Crippen molar-refractivity contribution in [2.45, 2.75) is 63.8 Å². The fourth-order valence-electron chi connectivity index (χ4n) is 4.91. The first-order valence-corrected chi connectivity index (χ1v) is 15.6. The summed E-state index contributed by atoms with van der Waals surface area (Å²) in [6.45, 7) is 4.95. The van der Waals surface area contributed by atoms with Crippen molar-refractivity contribution >= 4 is 12.2 Å². The van der Waals surface area contributed by atoms with Gasteiger partial charge in [-0.05, 0) is 75.4 Å². The van der Waals surface area contributed by atoms with Crippen molar-refractivity contribution in [3.8, 4) is 11.4 Å². The maximum atomic E-state index is 12.0. The van der Waals surface area contributed by atoms with Crippen molar-refractivity contribution in [1.29, 1.82) is 0 Å². The quantitative estimate of drug-likeness (QED) is 0.266. The van der Waals surface area contributed by atoms with Gasteiger partial charge in [-0.3, -0.25) is 14.6 Å². The van der Waals surface area contributed by atoms with Crippen LogP contribution >= 0.6 is 0 Å². The molecule has 2 aliphatic rings. The number of likely N-dealkylation sites (tertiary alicyclic amines) is 1. The molecule has 252 valence electrons. The van der Waals surface area contributed by atoms with E-state index in [1.54, 1.807) is 47.9 Å². The third-order valence-corrected chi connectivity index (χ3v) is 7.34. The normalized spacial score (nSPS) is 17.2. The number of aliphatic hydroxyl groups is 1. The molecule has 1 saturated heterocycles. The number of nitrogens with zero attached hydrogens (tertiary/aromatic N) is 6. The Balaban J connectivity index is 0.000000171.